The number of carbonyl (C=O) groups excluding carboxylic acids is 3. The van der Waals surface area contributed by atoms with Gasteiger partial charge in [0, 0.05) is 24.2 Å². The number of aromatic nitrogens is 2. The predicted molar refractivity (Wildman–Crippen MR) is 143 cm³/mol. The molecule has 0 bridgehead atoms. The standard InChI is InChI=1S/C27H37N5O6/c1-25(2,3)37-23(34)32(24(35)38-26(4,5)6)20-19-18(29-22(30-20)36-9)14-15-31(21(19)33)17-12-10-16(11-13-17)27(7,8)28/h10-13H,14-15,28H2,1-9H3. The van der Waals surface area contributed by atoms with Crippen molar-refractivity contribution in [1.29, 1.82) is 0 Å². The van der Waals surface area contributed by atoms with Gasteiger partial charge in [0.1, 0.15) is 16.8 Å². The molecule has 1 aromatic heterocycles. The van der Waals surface area contributed by atoms with Crippen molar-refractivity contribution >= 4 is 29.6 Å². The number of anilines is 2. The molecule has 2 heterocycles. The number of ether oxygens (including phenoxy) is 3. The zero-order chi connectivity index (χ0) is 28.6. The van der Waals surface area contributed by atoms with Crippen molar-refractivity contribution in [3.05, 3.63) is 41.1 Å². The van der Waals surface area contributed by atoms with E-state index in [1.54, 1.807) is 53.7 Å². The Hall–Kier alpha value is -3.73. The molecule has 0 aliphatic carbocycles. The number of nitrogens with zero attached hydrogens (tertiary/aromatic N) is 4. The first kappa shape index (κ1) is 28.8. The lowest BCUT2D eigenvalue weighted by atomic mass is 9.95. The Balaban J connectivity index is 2.15. The van der Waals surface area contributed by atoms with Crippen molar-refractivity contribution < 1.29 is 28.6 Å². The smallest absolute Gasteiger partial charge is 0.425 e. The quantitative estimate of drug-likeness (QED) is 0.606. The number of amides is 3. The van der Waals surface area contributed by atoms with Crippen LogP contribution in [0.3, 0.4) is 0 Å². The van der Waals surface area contributed by atoms with Gasteiger partial charge in [-0.15, -0.1) is 0 Å². The highest BCUT2D eigenvalue weighted by Crippen LogP contribution is 2.33. The number of carbonyl (C=O) groups is 3. The molecule has 1 aliphatic rings. The minimum absolute atomic E-state index is 0.0167. The van der Waals surface area contributed by atoms with Crippen molar-refractivity contribution in [2.75, 3.05) is 23.5 Å². The van der Waals surface area contributed by atoms with Gasteiger partial charge in [0.25, 0.3) is 5.91 Å². The average Bonchev–Trinajstić information content (AvgIpc) is 2.76. The van der Waals surface area contributed by atoms with Crippen LogP contribution in [0, 0.1) is 0 Å². The highest BCUT2D eigenvalue weighted by Gasteiger charge is 2.40. The predicted octanol–water partition coefficient (Wildman–Crippen LogP) is 4.56. The van der Waals surface area contributed by atoms with E-state index in [9.17, 15) is 14.4 Å². The van der Waals surface area contributed by atoms with Gasteiger partial charge in [-0.25, -0.2) is 9.59 Å². The van der Waals surface area contributed by atoms with Crippen LogP contribution in [0.5, 0.6) is 6.01 Å². The monoisotopic (exact) mass is 527 g/mol. The number of benzene rings is 1. The summed E-state index contributed by atoms with van der Waals surface area (Å²) in [6, 6.07) is 7.22. The summed E-state index contributed by atoms with van der Waals surface area (Å²) in [5.41, 5.74) is 5.62. The van der Waals surface area contributed by atoms with Crippen LogP contribution in [0.4, 0.5) is 21.1 Å². The van der Waals surface area contributed by atoms with Gasteiger partial charge in [0.2, 0.25) is 0 Å². The fourth-order valence-electron chi connectivity index (χ4n) is 3.76. The summed E-state index contributed by atoms with van der Waals surface area (Å²) < 4.78 is 16.2. The Kier molecular flexibility index (Phi) is 7.74. The molecule has 38 heavy (non-hydrogen) atoms. The number of imide groups is 1. The van der Waals surface area contributed by atoms with Crippen LogP contribution in [0.2, 0.25) is 0 Å². The highest BCUT2D eigenvalue weighted by molar-refractivity contribution is 6.17. The second kappa shape index (κ2) is 10.2. The molecule has 3 amide bonds. The molecule has 0 spiro atoms. The van der Waals surface area contributed by atoms with E-state index in [1.165, 1.54) is 12.0 Å². The topological polar surface area (TPSA) is 137 Å². The van der Waals surface area contributed by atoms with Crippen LogP contribution < -0.4 is 20.3 Å². The van der Waals surface area contributed by atoms with Crippen molar-refractivity contribution in [3.63, 3.8) is 0 Å². The number of rotatable bonds is 4. The number of hydrogen-bond acceptors (Lipinski definition) is 9. The molecule has 0 saturated heterocycles. The maximum atomic E-state index is 13.9. The third kappa shape index (κ3) is 6.58. The maximum absolute atomic E-state index is 13.9. The van der Waals surface area contributed by atoms with Crippen LogP contribution in [0.25, 0.3) is 0 Å². The van der Waals surface area contributed by atoms with E-state index in [0.29, 0.717) is 29.2 Å². The molecule has 11 nitrogen and oxygen atoms in total. The molecule has 206 valence electrons. The fraction of sp³-hybridized carbons (Fsp3) is 0.519. The molecule has 1 aromatic carbocycles. The van der Waals surface area contributed by atoms with Gasteiger partial charge in [-0.1, -0.05) is 12.1 Å². The molecule has 0 saturated carbocycles. The van der Waals surface area contributed by atoms with E-state index < -0.39 is 34.8 Å². The van der Waals surface area contributed by atoms with E-state index >= 15 is 0 Å². The molecule has 11 heteroatoms. The molecule has 0 atom stereocenters. The number of hydrogen-bond donors (Lipinski definition) is 1. The highest BCUT2D eigenvalue weighted by atomic mass is 16.6. The van der Waals surface area contributed by atoms with Crippen molar-refractivity contribution in [2.24, 2.45) is 5.73 Å². The maximum Gasteiger partial charge on any atom is 0.425 e. The summed E-state index contributed by atoms with van der Waals surface area (Å²) in [5.74, 6) is -0.759. The molecule has 0 fully saturated rings. The number of fused-ring (bicyclic) bond motifs is 1. The minimum Gasteiger partial charge on any atom is -0.467 e. The van der Waals surface area contributed by atoms with E-state index in [-0.39, 0.29) is 17.4 Å². The number of nitrogens with two attached hydrogens (primary N) is 1. The van der Waals surface area contributed by atoms with Gasteiger partial charge in [-0.2, -0.15) is 14.9 Å². The van der Waals surface area contributed by atoms with Crippen molar-refractivity contribution in [3.8, 4) is 6.01 Å². The Morgan fingerprint density at radius 1 is 0.921 bits per heavy atom. The Bertz CT molecular complexity index is 1190. The van der Waals surface area contributed by atoms with Gasteiger partial charge in [-0.05, 0) is 73.1 Å². The summed E-state index contributed by atoms with van der Waals surface area (Å²) in [6.45, 7) is 14.1. The lowest BCUT2D eigenvalue weighted by Crippen LogP contribution is -2.47. The largest absolute Gasteiger partial charge is 0.467 e. The molecule has 0 radical (unpaired) electrons. The lowest BCUT2D eigenvalue weighted by molar-refractivity contribution is 0.0428. The minimum atomic E-state index is -1.05. The molecule has 2 N–H and O–H groups in total. The van der Waals surface area contributed by atoms with Gasteiger partial charge in [0.15, 0.2) is 5.82 Å². The van der Waals surface area contributed by atoms with E-state index in [2.05, 4.69) is 9.97 Å². The van der Waals surface area contributed by atoms with Crippen LogP contribution in [0.1, 0.15) is 77.0 Å². The van der Waals surface area contributed by atoms with Gasteiger partial charge < -0.3 is 24.8 Å². The van der Waals surface area contributed by atoms with Crippen LogP contribution in [-0.2, 0) is 21.4 Å². The summed E-state index contributed by atoms with van der Waals surface area (Å²) in [5, 5.41) is 0. The Labute approximate surface area is 223 Å². The lowest BCUT2D eigenvalue weighted by Gasteiger charge is -2.32. The Morgan fingerprint density at radius 2 is 1.45 bits per heavy atom. The fourth-order valence-corrected chi connectivity index (χ4v) is 3.76. The van der Waals surface area contributed by atoms with Crippen molar-refractivity contribution in [1.82, 2.24) is 9.97 Å². The molecule has 2 aromatic rings. The summed E-state index contributed by atoms with van der Waals surface area (Å²) >= 11 is 0. The Morgan fingerprint density at radius 3 is 1.89 bits per heavy atom. The second-order valence-electron chi connectivity index (χ2n) is 11.6. The normalized spacial score (nSPS) is 14.1. The molecular weight excluding hydrogens is 490 g/mol. The third-order valence-corrected chi connectivity index (χ3v) is 5.45. The van der Waals surface area contributed by atoms with E-state index in [0.717, 1.165) is 5.56 Å². The van der Waals surface area contributed by atoms with Gasteiger partial charge >= 0.3 is 18.2 Å². The van der Waals surface area contributed by atoms with Crippen LogP contribution in [-0.4, -0.2) is 52.9 Å². The molecule has 1 aliphatic heterocycles. The molecular formula is C27H37N5O6. The first-order chi connectivity index (χ1) is 17.4. The third-order valence-electron chi connectivity index (χ3n) is 5.45. The average molecular weight is 528 g/mol. The van der Waals surface area contributed by atoms with Gasteiger partial charge in [0.05, 0.1) is 12.8 Å². The SMILES string of the molecule is COc1nc2c(c(N(C(=O)OC(C)(C)C)C(=O)OC(C)(C)C)n1)C(=O)N(c1ccc(C(C)(C)N)cc1)CC2. The first-order valence-electron chi connectivity index (χ1n) is 12.3. The number of methoxy groups -OCH3 is 1. The molecule has 0 unspecified atom stereocenters. The van der Waals surface area contributed by atoms with Gasteiger partial charge in [-0.3, -0.25) is 4.79 Å². The summed E-state index contributed by atoms with van der Waals surface area (Å²) in [7, 11) is 1.36. The zero-order valence-electron chi connectivity index (χ0n) is 23.5. The van der Waals surface area contributed by atoms with Crippen molar-refractivity contribution in [2.45, 2.75) is 78.6 Å². The van der Waals surface area contributed by atoms with E-state index in [1.807, 2.05) is 26.0 Å². The summed E-state index contributed by atoms with van der Waals surface area (Å²) in [6.07, 6.45) is -1.77. The zero-order valence-corrected chi connectivity index (χ0v) is 23.5. The van der Waals surface area contributed by atoms with E-state index in [4.69, 9.17) is 19.9 Å². The second-order valence-corrected chi connectivity index (χ2v) is 11.6. The molecule has 3 rings (SSSR count). The first-order valence-corrected chi connectivity index (χ1v) is 12.3. The van der Waals surface area contributed by atoms with Crippen LogP contribution >= 0.6 is 0 Å². The van der Waals surface area contributed by atoms with Crippen LogP contribution in [0.15, 0.2) is 24.3 Å². The summed E-state index contributed by atoms with van der Waals surface area (Å²) in [4.78, 5) is 51.3.